The summed E-state index contributed by atoms with van der Waals surface area (Å²) in [6, 6.07) is 17.0. The average Bonchev–Trinajstić information content (AvgIpc) is 3.20. The molecular weight excluding hydrogens is 364 g/mol. The Morgan fingerprint density at radius 3 is 2.45 bits per heavy atom. The number of hydrogen-bond donors (Lipinski definition) is 2. The van der Waals surface area contributed by atoms with Crippen LogP contribution in [0.2, 0.25) is 0 Å². The van der Waals surface area contributed by atoms with E-state index in [4.69, 9.17) is 9.47 Å². The van der Waals surface area contributed by atoms with E-state index in [1.165, 1.54) is 11.1 Å². The van der Waals surface area contributed by atoms with Crippen LogP contribution in [0, 0.1) is 0 Å². The van der Waals surface area contributed by atoms with Crippen molar-refractivity contribution < 1.29 is 9.47 Å². The van der Waals surface area contributed by atoms with Gasteiger partial charge >= 0.3 is 0 Å². The highest BCUT2D eigenvalue weighted by Gasteiger charge is 2.23. The second-order valence-corrected chi connectivity index (χ2v) is 7.32. The van der Waals surface area contributed by atoms with Crippen molar-refractivity contribution in [2.75, 3.05) is 40.9 Å². The van der Waals surface area contributed by atoms with E-state index >= 15 is 0 Å². The molecule has 3 rings (SSSR count). The maximum absolute atomic E-state index is 5.38. The van der Waals surface area contributed by atoms with Crippen LogP contribution in [0.15, 0.2) is 53.5 Å². The van der Waals surface area contributed by atoms with Crippen LogP contribution < -0.4 is 20.1 Å². The van der Waals surface area contributed by atoms with Crippen LogP contribution in [0.3, 0.4) is 0 Å². The first-order chi connectivity index (χ1) is 14.2. The lowest BCUT2D eigenvalue weighted by atomic mass is 10.1. The molecule has 2 aromatic carbocycles. The summed E-state index contributed by atoms with van der Waals surface area (Å²) in [5.74, 6) is 2.53. The molecule has 6 heteroatoms. The minimum atomic E-state index is 0.394. The molecule has 1 aliphatic heterocycles. The summed E-state index contributed by atoms with van der Waals surface area (Å²) >= 11 is 0. The SMILES string of the molecule is CN=C(NCCc1ccccc1)NC1CCN(Cc2cc(OC)cc(OC)c2)C1. The Kier molecular flexibility index (Phi) is 7.76. The summed E-state index contributed by atoms with van der Waals surface area (Å²) in [5.41, 5.74) is 2.53. The Morgan fingerprint density at radius 1 is 1.07 bits per heavy atom. The number of methoxy groups -OCH3 is 2. The van der Waals surface area contributed by atoms with Gasteiger partial charge in [0.2, 0.25) is 0 Å². The Morgan fingerprint density at radius 2 is 1.79 bits per heavy atom. The van der Waals surface area contributed by atoms with Crippen LogP contribution in [0.5, 0.6) is 11.5 Å². The molecule has 1 unspecified atom stereocenters. The number of guanidine groups is 1. The number of hydrogen-bond acceptors (Lipinski definition) is 4. The third-order valence-corrected chi connectivity index (χ3v) is 5.20. The van der Waals surface area contributed by atoms with E-state index in [9.17, 15) is 0 Å². The van der Waals surface area contributed by atoms with Crippen molar-refractivity contribution in [2.45, 2.75) is 25.4 Å². The molecule has 29 heavy (non-hydrogen) atoms. The molecule has 1 fully saturated rings. The topological polar surface area (TPSA) is 58.1 Å². The lowest BCUT2D eigenvalue weighted by molar-refractivity contribution is 0.321. The molecule has 2 N–H and O–H groups in total. The van der Waals surface area contributed by atoms with Crippen molar-refractivity contribution in [3.63, 3.8) is 0 Å². The maximum Gasteiger partial charge on any atom is 0.191 e. The third kappa shape index (κ3) is 6.39. The van der Waals surface area contributed by atoms with E-state index in [-0.39, 0.29) is 0 Å². The first-order valence-electron chi connectivity index (χ1n) is 10.2. The number of nitrogens with one attached hydrogen (secondary N) is 2. The van der Waals surface area contributed by atoms with Gasteiger partial charge in [0, 0.05) is 45.3 Å². The molecular formula is C23H32N4O2. The Balaban J connectivity index is 1.46. The summed E-state index contributed by atoms with van der Waals surface area (Å²) in [7, 11) is 5.20. The predicted molar refractivity (Wildman–Crippen MR) is 118 cm³/mol. The lowest BCUT2D eigenvalue weighted by Gasteiger charge is -2.19. The number of ether oxygens (including phenoxy) is 2. The third-order valence-electron chi connectivity index (χ3n) is 5.20. The molecule has 0 radical (unpaired) electrons. The molecule has 1 heterocycles. The standard InChI is InChI=1S/C23H32N4O2/c1-24-23(25-11-9-18-7-5-4-6-8-18)26-20-10-12-27(17-20)16-19-13-21(28-2)15-22(14-19)29-3/h4-8,13-15,20H,9-12,16-17H2,1-3H3,(H2,24,25,26). The van der Waals surface area contributed by atoms with Gasteiger partial charge in [-0.2, -0.15) is 0 Å². The first-order valence-corrected chi connectivity index (χ1v) is 10.2. The number of nitrogens with zero attached hydrogens (tertiary/aromatic N) is 2. The van der Waals surface area contributed by atoms with E-state index in [1.807, 2.05) is 19.2 Å². The minimum Gasteiger partial charge on any atom is -0.497 e. The molecule has 156 valence electrons. The average molecular weight is 397 g/mol. The van der Waals surface area contributed by atoms with E-state index in [0.717, 1.165) is 56.5 Å². The summed E-state index contributed by atoms with van der Waals surface area (Å²) in [5, 5.41) is 6.99. The van der Waals surface area contributed by atoms with E-state index in [1.54, 1.807) is 14.2 Å². The summed E-state index contributed by atoms with van der Waals surface area (Å²) < 4.78 is 10.8. The van der Waals surface area contributed by atoms with Crippen LogP contribution in [0.1, 0.15) is 17.5 Å². The molecule has 0 bridgehead atoms. The maximum atomic E-state index is 5.38. The summed E-state index contributed by atoms with van der Waals surface area (Å²) in [6.07, 6.45) is 2.08. The zero-order valence-corrected chi connectivity index (χ0v) is 17.6. The highest BCUT2D eigenvalue weighted by atomic mass is 16.5. The Labute approximate surface area is 173 Å². The molecule has 0 aliphatic carbocycles. The fraction of sp³-hybridized carbons (Fsp3) is 0.435. The Bertz CT molecular complexity index is 772. The van der Waals surface area contributed by atoms with Crippen LogP contribution in [-0.4, -0.2) is 57.8 Å². The molecule has 0 amide bonds. The van der Waals surface area contributed by atoms with Gasteiger partial charge < -0.3 is 20.1 Å². The second kappa shape index (κ2) is 10.7. The smallest absolute Gasteiger partial charge is 0.191 e. The molecule has 1 atom stereocenters. The molecule has 0 aromatic heterocycles. The number of benzene rings is 2. The van der Waals surface area contributed by atoms with E-state index < -0.39 is 0 Å². The monoisotopic (exact) mass is 396 g/mol. The van der Waals surface area contributed by atoms with Gasteiger partial charge in [0.05, 0.1) is 14.2 Å². The van der Waals surface area contributed by atoms with Crippen molar-refractivity contribution in [3.05, 3.63) is 59.7 Å². The van der Waals surface area contributed by atoms with Gasteiger partial charge in [-0.1, -0.05) is 30.3 Å². The lowest BCUT2D eigenvalue weighted by Crippen LogP contribution is -2.45. The molecule has 0 saturated carbocycles. The molecule has 2 aromatic rings. The molecule has 1 saturated heterocycles. The summed E-state index contributed by atoms with van der Waals surface area (Å²) in [4.78, 5) is 6.83. The highest BCUT2D eigenvalue weighted by Crippen LogP contribution is 2.24. The number of rotatable bonds is 8. The van der Waals surface area contributed by atoms with Crippen molar-refractivity contribution >= 4 is 5.96 Å². The quantitative estimate of drug-likeness (QED) is 0.531. The van der Waals surface area contributed by atoms with Gasteiger partial charge in [-0.3, -0.25) is 9.89 Å². The van der Waals surface area contributed by atoms with Gasteiger partial charge in [-0.15, -0.1) is 0 Å². The van der Waals surface area contributed by atoms with Gasteiger partial charge in [-0.05, 0) is 36.1 Å². The van der Waals surface area contributed by atoms with E-state index in [0.29, 0.717) is 6.04 Å². The summed E-state index contributed by atoms with van der Waals surface area (Å²) in [6.45, 7) is 3.78. The van der Waals surface area contributed by atoms with Gasteiger partial charge in [0.25, 0.3) is 0 Å². The van der Waals surface area contributed by atoms with E-state index in [2.05, 4.69) is 56.9 Å². The van der Waals surface area contributed by atoms with Crippen LogP contribution in [-0.2, 0) is 13.0 Å². The first kappa shape index (κ1) is 21.0. The zero-order chi connectivity index (χ0) is 20.5. The predicted octanol–water partition coefficient (Wildman–Crippen LogP) is 2.69. The fourth-order valence-corrected chi connectivity index (χ4v) is 3.67. The van der Waals surface area contributed by atoms with Crippen molar-refractivity contribution in [2.24, 2.45) is 4.99 Å². The fourth-order valence-electron chi connectivity index (χ4n) is 3.67. The molecule has 6 nitrogen and oxygen atoms in total. The second-order valence-electron chi connectivity index (χ2n) is 7.32. The van der Waals surface area contributed by atoms with Crippen molar-refractivity contribution in [3.8, 4) is 11.5 Å². The largest absolute Gasteiger partial charge is 0.497 e. The Hall–Kier alpha value is -2.73. The minimum absolute atomic E-state index is 0.394. The van der Waals surface area contributed by atoms with Crippen molar-refractivity contribution in [1.29, 1.82) is 0 Å². The van der Waals surface area contributed by atoms with Gasteiger partial charge in [0.15, 0.2) is 5.96 Å². The zero-order valence-electron chi connectivity index (χ0n) is 17.6. The highest BCUT2D eigenvalue weighted by molar-refractivity contribution is 5.80. The number of aliphatic imine (C=N–C) groups is 1. The van der Waals surface area contributed by atoms with Crippen LogP contribution in [0.25, 0.3) is 0 Å². The normalized spacial score (nSPS) is 17.2. The van der Waals surface area contributed by atoms with Gasteiger partial charge in [-0.25, -0.2) is 0 Å². The molecule has 1 aliphatic rings. The molecule has 0 spiro atoms. The number of likely N-dealkylation sites (tertiary alicyclic amines) is 1. The van der Waals surface area contributed by atoms with Crippen molar-refractivity contribution in [1.82, 2.24) is 15.5 Å². The van der Waals surface area contributed by atoms with Crippen LogP contribution in [0.4, 0.5) is 0 Å². The van der Waals surface area contributed by atoms with Gasteiger partial charge in [0.1, 0.15) is 11.5 Å². The van der Waals surface area contributed by atoms with Crippen LogP contribution >= 0.6 is 0 Å².